The van der Waals surface area contributed by atoms with Gasteiger partial charge in [-0.3, -0.25) is 0 Å². The maximum absolute atomic E-state index is 6.42. The lowest BCUT2D eigenvalue weighted by Gasteiger charge is -2.13. The van der Waals surface area contributed by atoms with Crippen LogP contribution in [0.15, 0.2) is 72.8 Å². The monoisotopic (exact) mass is 571 g/mol. The second-order valence-electron chi connectivity index (χ2n) is 9.08. The Bertz CT molecular complexity index is 1380. The molecule has 1 heterocycles. The van der Waals surface area contributed by atoms with Crippen molar-refractivity contribution in [3.8, 4) is 22.6 Å². The van der Waals surface area contributed by atoms with Gasteiger partial charge in [0.05, 0.1) is 10.0 Å². The van der Waals surface area contributed by atoms with E-state index in [2.05, 4.69) is 35.6 Å². The fraction of sp³-hybridized carbons (Fsp3) is 0.200. The first kappa shape index (κ1) is 26.1. The van der Waals surface area contributed by atoms with E-state index in [0.717, 1.165) is 41.1 Å². The van der Waals surface area contributed by atoms with Gasteiger partial charge in [-0.15, -0.1) is 0 Å². The number of nitrogens with one attached hydrogen (secondary N) is 1. The van der Waals surface area contributed by atoms with Crippen molar-refractivity contribution in [1.82, 2.24) is 0 Å². The summed E-state index contributed by atoms with van der Waals surface area (Å²) in [4.78, 5) is 0. The molecule has 190 valence electrons. The first-order valence-electron chi connectivity index (χ1n) is 12.0. The number of fused-ring (bicyclic) bond motifs is 1. The molecule has 1 aliphatic rings. The third-order valence-electron chi connectivity index (χ3n) is 6.43. The molecule has 37 heavy (non-hydrogen) atoms. The Balaban J connectivity index is 1.17. The molecule has 0 spiro atoms. The largest absolute Gasteiger partial charge is 0.490 e. The zero-order chi connectivity index (χ0) is 25.9. The second-order valence-corrected chi connectivity index (χ2v) is 10.7. The molecule has 0 bridgehead atoms. The molecule has 4 aromatic rings. The van der Waals surface area contributed by atoms with Gasteiger partial charge in [0.2, 0.25) is 0 Å². The Hall–Kier alpha value is -2.56. The average molecular weight is 573 g/mol. The summed E-state index contributed by atoms with van der Waals surface area (Å²) in [6, 6.07) is 23.9. The van der Waals surface area contributed by atoms with Crippen LogP contribution in [0.1, 0.15) is 22.6 Å². The third-order valence-corrected chi connectivity index (χ3v) is 7.62. The van der Waals surface area contributed by atoms with Crippen molar-refractivity contribution in [3.05, 3.63) is 110 Å². The van der Waals surface area contributed by atoms with Crippen LogP contribution in [-0.4, -0.2) is 19.8 Å². The Kier molecular flexibility index (Phi) is 8.07. The summed E-state index contributed by atoms with van der Waals surface area (Å²) < 4.78 is 11.6. The Morgan fingerprint density at radius 3 is 2.16 bits per heavy atom. The maximum atomic E-state index is 6.42. The van der Waals surface area contributed by atoms with E-state index >= 15 is 0 Å². The SMILES string of the molecule is Cc1cc(Cl)c(OCCOc2ccc(CC3CNc4cc(-c5c(Cl)cccc5Cl)ccc43)cc2)c(Cl)c1. The molecular formula is C30H25Cl4NO2. The molecule has 0 aromatic heterocycles. The molecule has 0 amide bonds. The molecule has 4 aromatic carbocycles. The van der Waals surface area contributed by atoms with Crippen LogP contribution in [-0.2, 0) is 6.42 Å². The Labute approximate surface area is 237 Å². The fourth-order valence-corrected chi connectivity index (χ4v) is 5.97. The molecule has 0 aliphatic carbocycles. The summed E-state index contributed by atoms with van der Waals surface area (Å²) in [6.45, 7) is 3.55. The van der Waals surface area contributed by atoms with Gasteiger partial charge in [-0.1, -0.05) is 76.7 Å². The quantitative estimate of drug-likeness (QED) is 0.213. The van der Waals surface area contributed by atoms with Crippen molar-refractivity contribution < 1.29 is 9.47 Å². The number of rotatable bonds is 8. The topological polar surface area (TPSA) is 30.5 Å². The highest BCUT2D eigenvalue weighted by atomic mass is 35.5. The van der Waals surface area contributed by atoms with E-state index in [1.165, 1.54) is 11.1 Å². The van der Waals surface area contributed by atoms with Crippen LogP contribution in [0.3, 0.4) is 0 Å². The maximum Gasteiger partial charge on any atom is 0.156 e. The van der Waals surface area contributed by atoms with Gasteiger partial charge in [0.25, 0.3) is 0 Å². The van der Waals surface area contributed by atoms with Crippen LogP contribution < -0.4 is 14.8 Å². The van der Waals surface area contributed by atoms with Crippen LogP contribution in [0.2, 0.25) is 20.1 Å². The zero-order valence-electron chi connectivity index (χ0n) is 20.2. The van der Waals surface area contributed by atoms with Crippen molar-refractivity contribution in [2.45, 2.75) is 19.3 Å². The smallest absolute Gasteiger partial charge is 0.156 e. The van der Waals surface area contributed by atoms with Gasteiger partial charge in [0, 0.05) is 33.8 Å². The Morgan fingerprint density at radius 2 is 1.46 bits per heavy atom. The van der Waals surface area contributed by atoms with Gasteiger partial charge in [0.1, 0.15) is 19.0 Å². The summed E-state index contributed by atoms with van der Waals surface area (Å²) in [6.07, 6.45) is 0.931. The molecule has 0 fully saturated rings. The molecule has 5 rings (SSSR count). The molecule has 0 saturated carbocycles. The number of benzene rings is 4. The minimum atomic E-state index is 0.343. The van der Waals surface area contributed by atoms with Gasteiger partial charge >= 0.3 is 0 Å². The second kappa shape index (κ2) is 11.4. The van der Waals surface area contributed by atoms with E-state index in [9.17, 15) is 0 Å². The van der Waals surface area contributed by atoms with Crippen molar-refractivity contribution >= 4 is 52.1 Å². The summed E-state index contributed by atoms with van der Waals surface area (Å²) in [5.74, 6) is 1.66. The lowest BCUT2D eigenvalue weighted by Crippen LogP contribution is -2.09. The summed E-state index contributed by atoms with van der Waals surface area (Å²) in [7, 11) is 0. The van der Waals surface area contributed by atoms with Crippen LogP contribution in [0.25, 0.3) is 11.1 Å². The number of ether oxygens (including phenoxy) is 2. The molecule has 3 nitrogen and oxygen atoms in total. The van der Waals surface area contributed by atoms with E-state index in [0.29, 0.717) is 45.0 Å². The number of aryl methyl sites for hydroxylation is 1. The Morgan fingerprint density at radius 1 is 0.784 bits per heavy atom. The molecule has 1 aliphatic heterocycles. The molecule has 1 atom stereocenters. The molecule has 1 N–H and O–H groups in total. The predicted octanol–water partition coefficient (Wildman–Crippen LogP) is 9.49. The lowest BCUT2D eigenvalue weighted by molar-refractivity contribution is 0.217. The summed E-state index contributed by atoms with van der Waals surface area (Å²) in [5.41, 5.74) is 6.55. The van der Waals surface area contributed by atoms with E-state index < -0.39 is 0 Å². The van der Waals surface area contributed by atoms with Crippen molar-refractivity contribution in [3.63, 3.8) is 0 Å². The number of hydrogen-bond donors (Lipinski definition) is 1. The molecule has 0 radical (unpaired) electrons. The van der Waals surface area contributed by atoms with Crippen LogP contribution in [0.4, 0.5) is 5.69 Å². The van der Waals surface area contributed by atoms with Crippen LogP contribution in [0, 0.1) is 6.92 Å². The average Bonchev–Trinajstić information content (AvgIpc) is 3.26. The highest BCUT2D eigenvalue weighted by molar-refractivity contribution is 6.39. The molecule has 1 unspecified atom stereocenters. The van der Waals surface area contributed by atoms with E-state index in [4.69, 9.17) is 55.9 Å². The minimum Gasteiger partial charge on any atom is -0.490 e. The predicted molar refractivity (Wildman–Crippen MR) is 155 cm³/mol. The zero-order valence-corrected chi connectivity index (χ0v) is 23.2. The lowest BCUT2D eigenvalue weighted by atomic mass is 9.92. The standard InChI is InChI=1S/C30H25Cl4NO2/c1-18-13-26(33)30(27(34)14-18)37-12-11-36-22-8-5-19(6-9-22)15-21-17-35-28-16-20(7-10-23(21)28)29-24(31)3-2-4-25(29)32/h2-10,13-14,16,21,35H,11-12,15,17H2,1H3. The third kappa shape index (κ3) is 5.97. The van der Waals surface area contributed by atoms with Crippen LogP contribution in [0.5, 0.6) is 11.5 Å². The van der Waals surface area contributed by atoms with E-state index in [1.54, 1.807) is 0 Å². The summed E-state index contributed by atoms with van der Waals surface area (Å²) >= 11 is 25.3. The first-order valence-corrected chi connectivity index (χ1v) is 13.5. The van der Waals surface area contributed by atoms with Crippen molar-refractivity contribution in [1.29, 1.82) is 0 Å². The van der Waals surface area contributed by atoms with Gasteiger partial charge in [-0.25, -0.2) is 0 Å². The van der Waals surface area contributed by atoms with Gasteiger partial charge in [-0.2, -0.15) is 0 Å². The molecular weight excluding hydrogens is 548 g/mol. The number of hydrogen-bond acceptors (Lipinski definition) is 3. The minimum absolute atomic E-state index is 0.343. The van der Waals surface area contributed by atoms with Gasteiger partial charge < -0.3 is 14.8 Å². The van der Waals surface area contributed by atoms with Gasteiger partial charge in [-0.05, 0) is 78.1 Å². The molecule has 7 heteroatoms. The highest BCUT2D eigenvalue weighted by Crippen LogP contribution is 2.40. The van der Waals surface area contributed by atoms with Crippen molar-refractivity contribution in [2.24, 2.45) is 0 Å². The van der Waals surface area contributed by atoms with Crippen molar-refractivity contribution in [2.75, 3.05) is 25.1 Å². The first-order chi connectivity index (χ1) is 17.9. The van der Waals surface area contributed by atoms with E-state index in [-0.39, 0.29) is 0 Å². The van der Waals surface area contributed by atoms with E-state index in [1.807, 2.05) is 49.4 Å². The summed E-state index contributed by atoms with van der Waals surface area (Å²) in [5, 5.41) is 5.85. The van der Waals surface area contributed by atoms with Gasteiger partial charge in [0.15, 0.2) is 5.75 Å². The number of halogens is 4. The number of anilines is 1. The highest BCUT2D eigenvalue weighted by Gasteiger charge is 2.23. The molecule has 0 saturated heterocycles. The normalized spacial score (nSPS) is 14.2. The fourth-order valence-electron chi connectivity index (χ4n) is 4.65. The van der Waals surface area contributed by atoms with Crippen LogP contribution >= 0.6 is 46.4 Å².